The number of nitrogens with one attached hydrogen (secondary N) is 1. The van der Waals surface area contributed by atoms with Crippen LogP contribution in [0.5, 0.6) is 5.75 Å². The monoisotopic (exact) mass is 452 g/mol. The summed E-state index contributed by atoms with van der Waals surface area (Å²) in [5.41, 5.74) is 4.81. The lowest BCUT2D eigenvalue weighted by Gasteiger charge is -2.17. The molecule has 0 aromatic heterocycles. The van der Waals surface area contributed by atoms with Crippen LogP contribution in [0.4, 0.5) is 5.69 Å². The average Bonchev–Trinajstić information content (AvgIpc) is 2.75. The van der Waals surface area contributed by atoms with E-state index in [4.69, 9.17) is 4.74 Å². The summed E-state index contributed by atoms with van der Waals surface area (Å²) < 4.78 is 32.5. The van der Waals surface area contributed by atoms with Crippen molar-refractivity contribution in [2.45, 2.75) is 32.2 Å². The highest BCUT2D eigenvalue weighted by molar-refractivity contribution is 7.89. The van der Waals surface area contributed by atoms with Crippen LogP contribution >= 0.6 is 0 Å². The third kappa shape index (κ3) is 5.75. The van der Waals surface area contributed by atoms with Crippen LogP contribution in [0.25, 0.3) is 0 Å². The number of carbonyl (C=O) groups is 1. The zero-order valence-electron chi connectivity index (χ0n) is 18.8. The molecule has 3 aromatic carbocycles. The Hall–Kier alpha value is -3.16. The van der Waals surface area contributed by atoms with Crippen LogP contribution < -0.4 is 10.1 Å². The molecule has 0 fully saturated rings. The van der Waals surface area contributed by atoms with E-state index in [2.05, 4.69) is 5.32 Å². The van der Waals surface area contributed by atoms with Crippen LogP contribution in [0.1, 0.15) is 22.3 Å². The summed E-state index contributed by atoms with van der Waals surface area (Å²) in [6, 6.07) is 19.5. The minimum Gasteiger partial charge on any atom is -0.484 e. The first kappa shape index (κ1) is 23.5. The van der Waals surface area contributed by atoms with Crippen molar-refractivity contribution in [2.24, 2.45) is 0 Å². The van der Waals surface area contributed by atoms with Gasteiger partial charge in [0.25, 0.3) is 5.91 Å². The quantitative estimate of drug-likeness (QED) is 0.548. The fraction of sp³-hybridized carbons (Fsp3) is 0.240. The van der Waals surface area contributed by atoms with E-state index in [-0.39, 0.29) is 24.0 Å². The van der Waals surface area contributed by atoms with Gasteiger partial charge in [0.1, 0.15) is 5.75 Å². The molecule has 1 N–H and O–H groups in total. The first-order valence-electron chi connectivity index (χ1n) is 10.3. The van der Waals surface area contributed by atoms with E-state index in [0.717, 1.165) is 27.9 Å². The first-order valence-corrected chi connectivity index (χ1v) is 11.7. The summed E-state index contributed by atoms with van der Waals surface area (Å²) in [4.78, 5) is 12.5. The van der Waals surface area contributed by atoms with Crippen molar-refractivity contribution in [3.05, 3.63) is 89.0 Å². The summed E-state index contributed by atoms with van der Waals surface area (Å²) in [5.74, 6) is 0.140. The number of amides is 1. The maximum Gasteiger partial charge on any atom is 0.262 e. The van der Waals surface area contributed by atoms with Crippen LogP contribution in [-0.2, 0) is 21.4 Å². The van der Waals surface area contributed by atoms with Gasteiger partial charge >= 0.3 is 0 Å². The zero-order valence-corrected chi connectivity index (χ0v) is 19.6. The summed E-state index contributed by atoms with van der Waals surface area (Å²) in [6.45, 7) is 6.01. The molecule has 3 aromatic rings. The molecule has 6 nitrogen and oxygen atoms in total. The molecule has 0 heterocycles. The van der Waals surface area contributed by atoms with Crippen molar-refractivity contribution in [2.75, 3.05) is 19.0 Å². The summed E-state index contributed by atoms with van der Waals surface area (Å²) in [5, 5.41) is 2.88. The Bertz CT molecular complexity index is 1170. The topological polar surface area (TPSA) is 75.7 Å². The van der Waals surface area contributed by atoms with Crippen molar-refractivity contribution < 1.29 is 17.9 Å². The number of hydrogen-bond acceptors (Lipinski definition) is 4. The van der Waals surface area contributed by atoms with E-state index in [1.807, 2.05) is 63.2 Å². The van der Waals surface area contributed by atoms with Crippen LogP contribution in [0.2, 0.25) is 0 Å². The molecule has 0 aliphatic carbocycles. The highest BCUT2D eigenvalue weighted by Gasteiger charge is 2.21. The van der Waals surface area contributed by atoms with Crippen molar-refractivity contribution in [3.63, 3.8) is 0 Å². The minimum absolute atomic E-state index is 0.165. The molecule has 32 heavy (non-hydrogen) atoms. The third-order valence-corrected chi connectivity index (χ3v) is 6.91. The number of carbonyl (C=O) groups excluding carboxylic acids is 1. The molecule has 0 atom stereocenters. The maximum atomic E-state index is 12.8. The van der Waals surface area contributed by atoms with Crippen molar-refractivity contribution in [1.29, 1.82) is 0 Å². The van der Waals surface area contributed by atoms with E-state index in [1.165, 1.54) is 16.4 Å². The molecule has 0 saturated carbocycles. The van der Waals surface area contributed by atoms with Gasteiger partial charge in [0.05, 0.1) is 4.90 Å². The second-order valence-electron chi connectivity index (χ2n) is 7.83. The molecule has 168 valence electrons. The highest BCUT2D eigenvalue weighted by Crippen LogP contribution is 2.23. The van der Waals surface area contributed by atoms with Crippen LogP contribution in [0, 0.1) is 20.8 Å². The third-order valence-electron chi connectivity index (χ3n) is 5.09. The predicted octanol–water partition coefficient (Wildman–Crippen LogP) is 4.45. The number of sulfonamides is 1. The Kier molecular flexibility index (Phi) is 7.33. The molecule has 3 rings (SSSR count). The lowest BCUT2D eigenvalue weighted by molar-refractivity contribution is -0.118. The van der Waals surface area contributed by atoms with Gasteiger partial charge in [-0.25, -0.2) is 8.42 Å². The van der Waals surface area contributed by atoms with E-state index in [9.17, 15) is 13.2 Å². The second-order valence-corrected chi connectivity index (χ2v) is 9.87. The molecule has 7 heteroatoms. The number of benzene rings is 3. The lowest BCUT2D eigenvalue weighted by atomic mass is 10.1. The zero-order chi connectivity index (χ0) is 23.3. The Balaban J connectivity index is 1.60. The Morgan fingerprint density at radius 3 is 2.12 bits per heavy atom. The van der Waals surface area contributed by atoms with Crippen LogP contribution in [0.3, 0.4) is 0 Å². The van der Waals surface area contributed by atoms with E-state index in [0.29, 0.717) is 5.75 Å². The number of aryl methyl sites for hydroxylation is 3. The number of anilines is 1. The van der Waals surface area contributed by atoms with Gasteiger partial charge in [0, 0.05) is 19.3 Å². The van der Waals surface area contributed by atoms with Crippen LogP contribution in [0.15, 0.2) is 71.6 Å². The van der Waals surface area contributed by atoms with Gasteiger partial charge in [-0.2, -0.15) is 4.31 Å². The Morgan fingerprint density at radius 2 is 1.53 bits per heavy atom. The fourth-order valence-corrected chi connectivity index (χ4v) is 4.67. The Morgan fingerprint density at radius 1 is 0.938 bits per heavy atom. The fourth-order valence-electron chi connectivity index (χ4n) is 3.51. The van der Waals surface area contributed by atoms with E-state index >= 15 is 0 Å². The number of nitrogens with zero attached hydrogens (tertiary/aromatic N) is 1. The van der Waals surface area contributed by atoms with Crippen molar-refractivity contribution in [1.82, 2.24) is 4.31 Å². The van der Waals surface area contributed by atoms with E-state index in [1.54, 1.807) is 19.2 Å². The summed E-state index contributed by atoms with van der Waals surface area (Å²) in [6.07, 6.45) is 0. The molecule has 0 aliphatic rings. The lowest BCUT2D eigenvalue weighted by Crippen LogP contribution is -2.26. The molecule has 0 radical (unpaired) electrons. The molecular formula is C25H28N2O4S. The van der Waals surface area contributed by atoms with E-state index < -0.39 is 10.0 Å². The smallest absolute Gasteiger partial charge is 0.262 e. The summed E-state index contributed by atoms with van der Waals surface area (Å²) in [7, 11) is -2.09. The highest BCUT2D eigenvalue weighted by atomic mass is 32.2. The number of rotatable bonds is 8. The minimum atomic E-state index is -3.64. The SMILES string of the molecule is Cc1cc(C)c(NC(=O)COc2ccc(S(=O)(=O)N(C)Cc3ccccc3)cc2)c(C)c1. The largest absolute Gasteiger partial charge is 0.484 e. The van der Waals surface area contributed by atoms with Gasteiger partial charge in [-0.05, 0) is 61.7 Å². The molecule has 0 saturated heterocycles. The number of ether oxygens (including phenoxy) is 1. The van der Waals surface area contributed by atoms with Gasteiger partial charge in [-0.15, -0.1) is 0 Å². The normalized spacial score (nSPS) is 11.4. The molecule has 0 unspecified atom stereocenters. The van der Waals surface area contributed by atoms with Gasteiger partial charge in [0.2, 0.25) is 10.0 Å². The molecule has 1 amide bonds. The predicted molar refractivity (Wildman–Crippen MR) is 126 cm³/mol. The van der Waals surface area contributed by atoms with Crippen LogP contribution in [-0.4, -0.2) is 32.3 Å². The molecule has 0 aliphatic heterocycles. The maximum absolute atomic E-state index is 12.8. The second kappa shape index (κ2) is 9.97. The van der Waals surface area contributed by atoms with Gasteiger partial charge in [-0.1, -0.05) is 48.0 Å². The number of hydrogen-bond donors (Lipinski definition) is 1. The van der Waals surface area contributed by atoms with Crippen molar-refractivity contribution in [3.8, 4) is 5.75 Å². The summed E-state index contributed by atoms with van der Waals surface area (Å²) >= 11 is 0. The average molecular weight is 453 g/mol. The van der Waals surface area contributed by atoms with Gasteiger partial charge in [0.15, 0.2) is 6.61 Å². The van der Waals surface area contributed by atoms with Gasteiger partial charge in [-0.3, -0.25) is 4.79 Å². The Labute approximate surface area is 189 Å². The van der Waals surface area contributed by atoms with Crippen molar-refractivity contribution >= 4 is 21.6 Å². The van der Waals surface area contributed by atoms with Gasteiger partial charge < -0.3 is 10.1 Å². The molecular weight excluding hydrogens is 424 g/mol. The molecule has 0 spiro atoms. The standard InChI is InChI=1S/C25H28N2O4S/c1-18-14-19(2)25(20(3)15-18)26-24(28)17-31-22-10-12-23(13-11-22)32(29,30)27(4)16-21-8-6-5-7-9-21/h5-15H,16-17H2,1-4H3,(H,26,28). The molecule has 0 bridgehead atoms. The first-order chi connectivity index (χ1) is 15.2.